The third-order valence-electron chi connectivity index (χ3n) is 6.74. The second kappa shape index (κ2) is 9.01. The molecular formula is C21H31F4N7. The number of nitrogens with one attached hydrogen (secondary N) is 2. The first-order valence-corrected chi connectivity index (χ1v) is 11.2. The first kappa shape index (κ1) is 23.0. The van der Waals surface area contributed by atoms with Crippen LogP contribution < -0.4 is 16.4 Å². The molecule has 7 nitrogen and oxygen atoms in total. The molecule has 0 aromatic carbocycles. The molecule has 3 atom stereocenters. The summed E-state index contributed by atoms with van der Waals surface area (Å²) in [5, 5.41) is 9.25. The fraction of sp³-hybridized carbons (Fsp3) is 0.714. The summed E-state index contributed by atoms with van der Waals surface area (Å²) in [7, 11) is 1.35. The van der Waals surface area contributed by atoms with Crippen molar-refractivity contribution in [3.63, 3.8) is 0 Å². The molecule has 1 saturated carbocycles. The van der Waals surface area contributed by atoms with Crippen molar-refractivity contribution in [3.8, 4) is 0 Å². The van der Waals surface area contributed by atoms with Gasteiger partial charge in [0.2, 0.25) is 5.79 Å². The minimum Gasteiger partial charge on any atom is -0.373 e. The molecular weight excluding hydrogens is 426 g/mol. The van der Waals surface area contributed by atoms with E-state index >= 15 is 4.39 Å². The number of piperidine rings is 1. The predicted molar refractivity (Wildman–Crippen MR) is 113 cm³/mol. The summed E-state index contributed by atoms with van der Waals surface area (Å²) in [6, 6.07) is -0.437. The number of likely N-dealkylation sites (tertiary alicyclic amines) is 1. The highest BCUT2D eigenvalue weighted by Crippen LogP contribution is 2.32. The van der Waals surface area contributed by atoms with E-state index in [-0.39, 0.29) is 5.84 Å². The zero-order chi connectivity index (χ0) is 22.9. The second-order valence-electron chi connectivity index (χ2n) is 9.02. The van der Waals surface area contributed by atoms with Crippen molar-refractivity contribution in [2.45, 2.75) is 62.7 Å². The van der Waals surface area contributed by atoms with E-state index in [9.17, 15) is 13.2 Å². The quantitative estimate of drug-likeness (QED) is 0.606. The van der Waals surface area contributed by atoms with Crippen LogP contribution in [0, 0.1) is 5.92 Å². The van der Waals surface area contributed by atoms with Crippen LogP contribution in [-0.2, 0) is 5.79 Å². The normalized spacial score (nSPS) is 30.4. The molecule has 3 aliphatic rings. The van der Waals surface area contributed by atoms with Crippen molar-refractivity contribution in [2.24, 2.45) is 16.6 Å². The van der Waals surface area contributed by atoms with Crippen molar-refractivity contribution in [1.82, 2.24) is 25.3 Å². The highest BCUT2D eigenvalue weighted by molar-refractivity contribution is 6.00. The number of hydrogen-bond donors (Lipinski definition) is 3. The maximum absolute atomic E-state index is 15.1. The molecule has 1 aromatic heterocycles. The van der Waals surface area contributed by atoms with Crippen LogP contribution in [0.2, 0.25) is 0 Å². The van der Waals surface area contributed by atoms with Gasteiger partial charge in [-0.3, -0.25) is 10.4 Å². The molecule has 1 aromatic rings. The molecule has 1 saturated heterocycles. The van der Waals surface area contributed by atoms with Crippen LogP contribution in [0.25, 0.3) is 0 Å². The molecule has 0 spiro atoms. The Morgan fingerprint density at radius 3 is 2.66 bits per heavy atom. The maximum Gasteiger partial charge on any atom is 0.421 e. The van der Waals surface area contributed by atoms with E-state index in [1.54, 1.807) is 6.20 Å². The number of halogens is 4. The van der Waals surface area contributed by atoms with Gasteiger partial charge in [-0.1, -0.05) is 19.3 Å². The first-order valence-electron chi connectivity index (χ1n) is 11.2. The van der Waals surface area contributed by atoms with E-state index in [4.69, 9.17) is 5.73 Å². The van der Waals surface area contributed by atoms with Gasteiger partial charge in [0.15, 0.2) is 0 Å². The average Bonchev–Trinajstić information content (AvgIpc) is 3.24. The highest BCUT2D eigenvalue weighted by atomic mass is 19.4. The largest absolute Gasteiger partial charge is 0.421 e. The number of nitrogens with two attached hydrogens (primary N) is 1. The summed E-state index contributed by atoms with van der Waals surface area (Å²) < 4.78 is 56.1. The van der Waals surface area contributed by atoms with Gasteiger partial charge < -0.3 is 15.5 Å². The second-order valence-corrected chi connectivity index (χ2v) is 9.02. The fourth-order valence-electron chi connectivity index (χ4n) is 4.94. The van der Waals surface area contributed by atoms with Gasteiger partial charge in [-0.15, -0.1) is 0 Å². The van der Waals surface area contributed by atoms with Crippen LogP contribution in [-0.4, -0.2) is 59.5 Å². The number of nitrogens with zero attached hydrogens (tertiary/aromatic N) is 4. The lowest BCUT2D eigenvalue weighted by Gasteiger charge is -2.37. The van der Waals surface area contributed by atoms with E-state index in [1.165, 1.54) is 50.0 Å². The monoisotopic (exact) mass is 457 g/mol. The summed E-state index contributed by atoms with van der Waals surface area (Å²) in [6.45, 7) is 2.10. The van der Waals surface area contributed by atoms with Crippen molar-refractivity contribution < 1.29 is 17.6 Å². The number of amidine groups is 1. The Morgan fingerprint density at radius 2 is 2.00 bits per heavy atom. The smallest absolute Gasteiger partial charge is 0.373 e. The Balaban J connectivity index is 1.43. The Bertz CT molecular complexity index is 859. The molecule has 1 unspecified atom stereocenters. The zero-order valence-electron chi connectivity index (χ0n) is 18.2. The molecule has 2 aliphatic heterocycles. The summed E-state index contributed by atoms with van der Waals surface area (Å²) >= 11 is 0. The third-order valence-corrected chi connectivity index (χ3v) is 6.74. The van der Waals surface area contributed by atoms with E-state index in [2.05, 4.69) is 25.6 Å². The molecule has 2 fully saturated rings. The van der Waals surface area contributed by atoms with Gasteiger partial charge in [-0.2, -0.15) is 18.3 Å². The average molecular weight is 458 g/mol. The van der Waals surface area contributed by atoms with E-state index in [0.29, 0.717) is 24.4 Å². The Labute approximate surface area is 185 Å². The molecule has 1 aliphatic carbocycles. The summed E-state index contributed by atoms with van der Waals surface area (Å²) in [5.41, 5.74) is 5.67. The lowest BCUT2D eigenvalue weighted by Crippen LogP contribution is -2.52. The fourth-order valence-corrected chi connectivity index (χ4v) is 4.94. The summed E-state index contributed by atoms with van der Waals surface area (Å²) in [5.74, 6) is -1.34. The van der Waals surface area contributed by atoms with Gasteiger partial charge in [0.25, 0.3) is 0 Å². The number of aromatic nitrogens is 2. The number of alkyl halides is 4. The molecule has 3 heterocycles. The van der Waals surface area contributed by atoms with Crippen molar-refractivity contribution >= 4 is 5.84 Å². The van der Waals surface area contributed by atoms with Crippen molar-refractivity contribution in [1.29, 1.82) is 0 Å². The maximum atomic E-state index is 15.1. The van der Waals surface area contributed by atoms with Crippen LogP contribution in [0.4, 0.5) is 17.6 Å². The Hall–Kier alpha value is -2.14. The van der Waals surface area contributed by atoms with Crippen LogP contribution in [0.1, 0.15) is 50.1 Å². The molecule has 0 radical (unpaired) electrons. The van der Waals surface area contributed by atoms with Crippen LogP contribution in [0.3, 0.4) is 0 Å². The number of likely N-dealkylation sites (N-methyl/N-ethyl adjacent to an activating group) is 1. The van der Waals surface area contributed by atoms with E-state index < -0.39 is 29.7 Å². The molecule has 11 heteroatoms. The van der Waals surface area contributed by atoms with Gasteiger partial charge in [-0.25, -0.2) is 9.38 Å². The van der Waals surface area contributed by atoms with Crippen LogP contribution in [0.5, 0.6) is 0 Å². The molecule has 0 bridgehead atoms. The minimum absolute atomic E-state index is 0.361. The molecule has 178 valence electrons. The Morgan fingerprint density at radius 1 is 1.25 bits per heavy atom. The molecule has 4 N–H and O–H groups in total. The predicted octanol–water partition coefficient (Wildman–Crippen LogP) is 2.78. The number of rotatable bonds is 4. The van der Waals surface area contributed by atoms with E-state index in [0.717, 1.165) is 19.3 Å². The zero-order valence-corrected chi connectivity index (χ0v) is 18.2. The molecule has 32 heavy (non-hydrogen) atoms. The SMILES string of the molecule is CNC1=NC(N)(c2cnn([C@@H]3CCN(CC4CCCCC4)C[C@H]3F)c2)NC=C1C(F)(F)F. The van der Waals surface area contributed by atoms with Crippen LogP contribution >= 0.6 is 0 Å². The summed E-state index contributed by atoms with van der Waals surface area (Å²) in [4.78, 5) is 6.24. The van der Waals surface area contributed by atoms with E-state index in [1.807, 2.05) is 0 Å². The lowest BCUT2D eigenvalue weighted by atomic mass is 9.88. The van der Waals surface area contributed by atoms with Gasteiger partial charge in [-0.05, 0) is 25.2 Å². The third kappa shape index (κ3) is 4.78. The van der Waals surface area contributed by atoms with Gasteiger partial charge in [0, 0.05) is 39.1 Å². The minimum atomic E-state index is -4.58. The molecule has 4 rings (SSSR count). The van der Waals surface area contributed by atoms with Crippen LogP contribution in [0.15, 0.2) is 29.2 Å². The number of hydrogen-bond acceptors (Lipinski definition) is 6. The van der Waals surface area contributed by atoms with Gasteiger partial charge >= 0.3 is 6.18 Å². The lowest BCUT2D eigenvalue weighted by molar-refractivity contribution is -0.0872. The Kier molecular flexibility index (Phi) is 6.49. The number of aliphatic imine (C=N–C) groups is 1. The van der Waals surface area contributed by atoms with Gasteiger partial charge in [0.1, 0.15) is 17.6 Å². The standard InChI is InChI=1S/C21H31F4N7/c1-27-19-16(20(23,24)25)10-28-21(26,30-19)15-9-29-32(12-15)18-7-8-31(13-17(18)22)11-14-5-3-2-4-6-14/h9-10,12,14,17-18,28H,2-8,11,13,26H2,1H3,(H,27,30)/t17-,18-,21?/m1/s1. The van der Waals surface area contributed by atoms with Crippen molar-refractivity contribution in [2.75, 3.05) is 26.7 Å². The summed E-state index contributed by atoms with van der Waals surface area (Å²) in [6.07, 6.45) is 5.05. The topological polar surface area (TPSA) is 83.5 Å². The van der Waals surface area contributed by atoms with Crippen molar-refractivity contribution in [3.05, 3.63) is 29.7 Å². The van der Waals surface area contributed by atoms with Gasteiger partial charge in [0.05, 0.1) is 17.8 Å². The first-order chi connectivity index (χ1) is 15.2. The molecule has 0 amide bonds. The highest BCUT2D eigenvalue weighted by Gasteiger charge is 2.42.